The highest BCUT2D eigenvalue weighted by Crippen LogP contribution is 2.36. The lowest BCUT2D eigenvalue weighted by molar-refractivity contribution is 0.0697. The van der Waals surface area contributed by atoms with Crippen molar-refractivity contribution in [3.63, 3.8) is 0 Å². The summed E-state index contributed by atoms with van der Waals surface area (Å²) in [6, 6.07) is 9.79. The van der Waals surface area contributed by atoms with Gasteiger partial charge in [0.15, 0.2) is 0 Å². The number of carbonyl (C=O) groups is 1. The monoisotopic (exact) mass is 461 g/mol. The normalized spacial score (nSPS) is 15.0. The molecular weight excluding hydrogens is 430 g/mol. The minimum absolute atomic E-state index is 0.0347. The van der Waals surface area contributed by atoms with E-state index < -0.39 is 0 Å². The molecule has 0 unspecified atom stereocenters. The number of benzene rings is 1. The third-order valence-electron chi connectivity index (χ3n) is 6.63. The van der Waals surface area contributed by atoms with Crippen molar-refractivity contribution in [3.8, 4) is 22.3 Å². The summed E-state index contributed by atoms with van der Waals surface area (Å²) in [4.78, 5) is 24.0. The van der Waals surface area contributed by atoms with Crippen LogP contribution in [0.3, 0.4) is 0 Å². The minimum atomic E-state index is -0.0347. The molecule has 33 heavy (non-hydrogen) atoms. The SMILES string of the molecule is Cc1c(-c2ccnc(C(C)(C)C)c2)cncc1-c1ccc(C(=O)N2CCC(C)CC2)cc1Cl. The van der Waals surface area contributed by atoms with E-state index >= 15 is 0 Å². The number of hydrogen-bond acceptors (Lipinski definition) is 3. The van der Waals surface area contributed by atoms with E-state index in [2.05, 4.69) is 50.7 Å². The highest BCUT2D eigenvalue weighted by molar-refractivity contribution is 6.33. The van der Waals surface area contributed by atoms with Crippen LogP contribution in [0, 0.1) is 12.8 Å². The standard InChI is InChI=1S/C28H32ClN3O/c1-18-9-12-32(13-10-18)27(33)21-6-7-22(25(29)14-21)24-17-30-16-23(19(24)2)20-8-11-31-26(15-20)28(3,4)5/h6-8,11,14-18H,9-10,12-13H2,1-5H3. The Morgan fingerprint density at radius 1 is 1.03 bits per heavy atom. The lowest BCUT2D eigenvalue weighted by Gasteiger charge is -2.30. The Bertz CT molecular complexity index is 1170. The summed E-state index contributed by atoms with van der Waals surface area (Å²) in [5, 5.41) is 0.568. The number of carbonyl (C=O) groups excluding carboxylic acids is 1. The van der Waals surface area contributed by atoms with Crippen molar-refractivity contribution in [1.82, 2.24) is 14.9 Å². The summed E-state index contributed by atoms with van der Waals surface area (Å²) in [5.74, 6) is 0.744. The van der Waals surface area contributed by atoms with E-state index in [1.54, 1.807) is 6.07 Å². The fourth-order valence-corrected chi connectivity index (χ4v) is 4.64. The van der Waals surface area contributed by atoms with Crippen LogP contribution in [0.2, 0.25) is 5.02 Å². The number of piperidine rings is 1. The maximum Gasteiger partial charge on any atom is 0.253 e. The molecule has 0 N–H and O–H groups in total. The second kappa shape index (κ2) is 9.26. The highest BCUT2D eigenvalue weighted by atomic mass is 35.5. The molecule has 0 atom stereocenters. The quantitative estimate of drug-likeness (QED) is 0.424. The van der Waals surface area contributed by atoms with Crippen LogP contribution in [0.25, 0.3) is 22.3 Å². The maximum absolute atomic E-state index is 13.0. The van der Waals surface area contributed by atoms with Crippen LogP contribution in [-0.2, 0) is 5.41 Å². The molecule has 0 radical (unpaired) electrons. The lowest BCUT2D eigenvalue weighted by Crippen LogP contribution is -2.37. The van der Waals surface area contributed by atoms with Gasteiger partial charge >= 0.3 is 0 Å². The third-order valence-corrected chi connectivity index (χ3v) is 6.94. The predicted molar refractivity (Wildman–Crippen MR) is 136 cm³/mol. The van der Waals surface area contributed by atoms with Crippen LogP contribution in [0.4, 0.5) is 0 Å². The topological polar surface area (TPSA) is 46.1 Å². The molecule has 1 fully saturated rings. The number of amides is 1. The van der Waals surface area contributed by atoms with E-state index in [0.717, 1.165) is 59.4 Å². The van der Waals surface area contributed by atoms with Gasteiger partial charge in [0, 0.05) is 70.1 Å². The molecule has 1 aliphatic heterocycles. The van der Waals surface area contributed by atoms with Gasteiger partial charge in [0.2, 0.25) is 0 Å². The Labute approximate surface area is 202 Å². The molecule has 1 saturated heterocycles. The van der Waals surface area contributed by atoms with Crippen LogP contribution in [0.15, 0.2) is 48.9 Å². The lowest BCUT2D eigenvalue weighted by atomic mass is 9.89. The third kappa shape index (κ3) is 4.96. The molecule has 5 heteroatoms. The molecular formula is C28H32ClN3O. The molecule has 3 heterocycles. The van der Waals surface area contributed by atoms with Gasteiger partial charge in [0.25, 0.3) is 5.91 Å². The van der Waals surface area contributed by atoms with Gasteiger partial charge in [-0.05, 0) is 61.1 Å². The molecule has 2 aromatic heterocycles. The number of rotatable bonds is 3. The Balaban J connectivity index is 1.66. The van der Waals surface area contributed by atoms with Gasteiger partial charge in [0.05, 0.1) is 0 Å². The van der Waals surface area contributed by atoms with Crippen molar-refractivity contribution < 1.29 is 4.79 Å². The van der Waals surface area contributed by atoms with Crippen molar-refractivity contribution in [2.24, 2.45) is 5.92 Å². The zero-order valence-corrected chi connectivity index (χ0v) is 20.9. The smallest absolute Gasteiger partial charge is 0.253 e. The Kier molecular flexibility index (Phi) is 6.58. The first kappa shape index (κ1) is 23.4. The van der Waals surface area contributed by atoms with E-state index in [-0.39, 0.29) is 11.3 Å². The first-order valence-electron chi connectivity index (χ1n) is 11.7. The van der Waals surface area contributed by atoms with E-state index in [4.69, 9.17) is 11.6 Å². The number of pyridine rings is 2. The van der Waals surface area contributed by atoms with E-state index in [9.17, 15) is 4.79 Å². The maximum atomic E-state index is 13.0. The number of halogens is 1. The first-order valence-corrected chi connectivity index (χ1v) is 12.0. The summed E-state index contributed by atoms with van der Waals surface area (Å²) in [5.41, 5.74) is 6.74. The second-order valence-corrected chi connectivity index (χ2v) is 10.6. The molecule has 0 aliphatic carbocycles. The number of nitrogens with zero attached hydrogens (tertiary/aromatic N) is 3. The van der Waals surface area contributed by atoms with E-state index in [1.807, 2.05) is 41.7 Å². The Hall–Kier alpha value is -2.72. The van der Waals surface area contributed by atoms with Crippen LogP contribution >= 0.6 is 11.6 Å². The largest absolute Gasteiger partial charge is 0.339 e. The minimum Gasteiger partial charge on any atom is -0.339 e. The molecule has 3 aromatic rings. The summed E-state index contributed by atoms with van der Waals surface area (Å²) < 4.78 is 0. The highest BCUT2D eigenvalue weighted by Gasteiger charge is 2.23. The Morgan fingerprint density at radius 2 is 1.73 bits per heavy atom. The van der Waals surface area contributed by atoms with Gasteiger partial charge in [-0.1, -0.05) is 45.4 Å². The van der Waals surface area contributed by atoms with Gasteiger partial charge in [0.1, 0.15) is 0 Å². The predicted octanol–water partition coefficient (Wildman–Crippen LogP) is 6.94. The zero-order chi connectivity index (χ0) is 23.8. The van der Waals surface area contributed by atoms with Crippen LogP contribution in [0.5, 0.6) is 0 Å². The first-order chi connectivity index (χ1) is 15.6. The summed E-state index contributed by atoms with van der Waals surface area (Å²) >= 11 is 6.72. The van der Waals surface area contributed by atoms with E-state index in [1.165, 1.54) is 0 Å². The van der Waals surface area contributed by atoms with Crippen LogP contribution < -0.4 is 0 Å². The summed E-state index contributed by atoms with van der Waals surface area (Å²) in [6.45, 7) is 12.4. The fourth-order valence-electron chi connectivity index (χ4n) is 4.36. The number of hydrogen-bond donors (Lipinski definition) is 0. The van der Waals surface area contributed by atoms with Crippen LogP contribution in [-0.4, -0.2) is 33.9 Å². The molecule has 172 valence electrons. The number of likely N-dealkylation sites (tertiary alicyclic amines) is 1. The van der Waals surface area contributed by atoms with Crippen molar-refractivity contribution in [2.75, 3.05) is 13.1 Å². The average Bonchev–Trinajstić information content (AvgIpc) is 2.79. The number of aromatic nitrogens is 2. The summed E-state index contributed by atoms with van der Waals surface area (Å²) in [6.07, 6.45) is 7.71. The van der Waals surface area contributed by atoms with Gasteiger partial charge in [-0.2, -0.15) is 0 Å². The van der Waals surface area contributed by atoms with E-state index in [0.29, 0.717) is 16.5 Å². The molecule has 0 saturated carbocycles. The molecule has 0 spiro atoms. The van der Waals surface area contributed by atoms with Crippen molar-refractivity contribution in [3.05, 3.63) is 70.8 Å². The average molecular weight is 462 g/mol. The van der Waals surface area contributed by atoms with Crippen molar-refractivity contribution in [1.29, 1.82) is 0 Å². The second-order valence-electron chi connectivity index (χ2n) is 10.2. The van der Waals surface area contributed by atoms with Gasteiger partial charge in [-0.25, -0.2) is 0 Å². The van der Waals surface area contributed by atoms with Crippen molar-refractivity contribution in [2.45, 2.75) is 52.9 Å². The summed E-state index contributed by atoms with van der Waals surface area (Å²) in [7, 11) is 0. The zero-order valence-electron chi connectivity index (χ0n) is 20.2. The van der Waals surface area contributed by atoms with Crippen LogP contribution in [0.1, 0.15) is 62.2 Å². The molecule has 1 aromatic carbocycles. The fraction of sp³-hybridized carbons (Fsp3) is 0.393. The van der Waals surface area contributed by atoms with Gasteiger partial charge < -0.3 is 4.90 Å². The van der Waals surface area contributed by atoms with Crippen molar-refractivity contribution >= 4 is 17.5 Å². The molecule has 1 aliphatic rings. The molecule has 4 rings (SSSR count). The molecule has 0 bridgehead atoms. The Morgan fingerprint density at radius 3 is 2.39 bits per heavy atom. The van der Waals surface area contributed by atoms with Gasteiger partial charge in [-0.15, -0.1) is 0 Å². The van der Waals surface area contributed by atoms with Gasteiger partial charge in [-0.3, -0.25) is 14.8 Å². The molecule has 1 amide bonds. The molecule has 4 nitrogen and oxygen atoms in total.